The number of hydrogen-bond acceptors (Lipinski definition) is 3. The number of unbranched alkanes of at least 4 members (excludes halogenated alkanes) is 11. The van der Waals surface area contributed by atoms with Crippen LogP contribution in [0.3, 0.4) is 0 Å². The van der Waals surface area contributed by atoms with Gasteiger partial charge >= 0.3 is 0 Å². The van der Waals surface area contributed by atoms with Crippen molar-refractivity contribution in [3.8, 4) is 0 Å². The van der Waals surface area contributed by atoms with Crippen molar-refractivity contribution in [3.63, 3.8) is 0 Å². The molecule has 0 bridgehead atoms. The molecule has 0 aromatic carbocycles. The lowest BCUT2D eigenvalue weighted by molar-refractivity contribution is -0.932. The second-order valence-corrected chi connectivity index (χ2v) is 10.3. The molecule has 27 heavy (non-hydrogen) atoms. The number of nitrogens with zero attached hydrogens (tertiary/aromatic N) is 1. The molecule has 1 saturated heterocycles. The van der Waals surface area contributed by atoms with Gasteiger partial charge in [0.15, 0.2) is 0 Å². The van der Waals surface area contributed by atoms with Gasteiger partial charge in [0.25, 0.3) is 0 Å². The van der Waals surface area contributed by atoms with E-state index >= 15 is 0 Å². The summed E-state index contributed by atoms with van der Waals surface area (Å²) in [5, 5.41) is 0. The third-order valence-electron chi connectivity index (χ3n) is 6.28. The van der Waals surface area contributed by atoms with Gasteiger partial charge in [-0.15, -0.1) is 0 Å². The van der Waals surface area contributed by atoms with E-state index in [1.165, 1.54) is 116 Å². The predicted molar refractivity (Wildman–Crippen MR) is 114 cm³/mol. The Balaban J connectivity index is 2.07. The van der Waals surface area contributed by atoms with Gasteiger partial charge in [-0.25, -0.2) is 8.42 Å². The van der Waals surface area contributed by atoms with Gasteiger partial charge in [0.05, 0.1) is 36.3 Å². The van der Waals surface area contributed by atoms with Gasteiger partial charge in [-0.05, 0) is 32.1 Å². The van der Waals surface area contributed by atoms with Crippen molar-refractivity contribution in [1.82, 2.24) is 0 Å². The summed E-state index contributed by atoms with van der Waals surface area (Å²) < 4.78 is 33.7. The van der Waals surface area contributed by atoms with E-state index < -0.39 is 10.1 Å². The van der Waals surface area contributed by atoms with Crippen molar-refractivity contribution >= 4 is 10.1 Å². The quantitative estimate of drug-likeness (QED) is 0.180. The summed E-state index contributed by atoms with van der Waals surface area (Å²) in [4.78, 5) is 0. The lowest BCUT2D eigenvalue weighted by Gasteiger charge is -2.42. The molecule has 1 heterocycles. The summed E-state index contributed by atoms with van der Waals surface area (Å²) in [6.07, 6.45) is 20.8. The Morgan fingerprint density at radius 3 is 1.59 bits per heavy atom. The van der Waals surface area contributed by atoms with Gasteiger partial charge in [0.2, 0.25) is 0 Å². The fourth-order valence-corrected chi connectivity index (χ4v) is 5.09. The molecular formula is C22H45NO3S. The molecule has 0 spiro atoms. The molecular weight excluding hydrogens is 358 g/mol. The zero-order valence-corrected chi connectivity index (χ0v) is 18.7. The van der Waals surface area contributed by atoms with Crippen LogP contribution in [0.2, 0.25) is 0 Å². The van der Waals surface area contributed by atoms with Gasteiger partial charge in [-0.1, -0.05) is 71.1 Å². The predicted octanol–water partition coefficient (Wildman–Crippen LogP) is 5.62. The highest BCUT2D eigenvalue weighted by molar-refractivity contribution is 7.85. The molecule has 0 atom stereocenters. The first-order valence-corrected chi connectivity index (χ1v) is 13.3. The Hall–Kier alpha value is -0.130. The minimum absolute atomic E-state index is 0.189. The van der Waals surface area contributed by atoms with Crippen LogP contribution in [0.5, 0.6) is 0 Å². The highest BCUT2D eigenvalue weighted by Gasteiger charge is 2.28. The number of quaternary nitrogens is 1. The van der Waals surface area contributed by atoms with Crippen molar-refractivity contribution in [2.45, 2.75) is 110 Å². The minimum atomic E-state index is -4.06. The molecule has 1 aliphatic heterocycles. The molecule has 1 fully saturated rings. The van der Waals surface area contributed by atoms with Crippen molar-refractivity contribution < 1.29 is 17.5 Å². The second kappa shape index (κ2) is 14.8. The Bertz CT molecular complexity index is 444. The average molecular weight is 404 g/mol. The molecule has 0 radical (unpaired) electrons. The minimum Gasteiger partial charge on any atom is -0.748 e. The van der Waals surface area contributed by atoms with Gasteiger partial charge in [-0.3, -0.25) is 0 Å². The monoisotopic (exact) mass is 403 g/mol. The van der Waals surface area contributed by atoms with Crippen LogP contribution < -0.4 is 0 Å². The first-order valence-electron chi connectivity index (χ1n) is 11.8. The molecule has 0 aromatic heterocycles. The molecule has 5 heteroatoms. The number of piperidine rings is 1. The number of rotatable bonds is 17. The molecule has 0 aliphatic carbocycles. The fraction of sp³-hybridized carbons (Fsp3) is 1.00. The van der Waals surface area contributed by atoms with Crippen LogP contribution in [0.15, 0.2) is 0 Å². The smallest absolute Gasteiger partial charge is 0.0948 e. The lowest BCUT2D eigenvalue weighted by Crippen LogP contribution is -2.52. The zero-order chi connectivity index (χ0) is 19.8. The maximum atomic E-state index is 10.9. The standard InChI is InChI=1S/C22H45NO3S/c1-2-3-4-5-6-7-8-9-10-11-12-14-18-23(19-15-13-16-20-23)21-17-22-27(24,25)26/h2-22H2,1H3. The number of hydrogen-bond donors (Lipinski definition) is 0. The summed E-state index contributed by atoms with van der Waals surface area (Å²) in [6, 6.07) is 0. The summed E-state index contributed by atoms with van der Waals surface area (Å²) in [5.41, 5.74) is 0. The van der Waals surface area contributed by atoms with E-state index in [4.69, 9.17) is 0 Å². The Morgan fingerprint density at radius 2 is 1.11 bits per heavy atom. The van der Waals surface area contributed by atoms with Gasteiger partial charge in [-0.2, -0.15) is 0 Å². The molecule has 162 valence electrons. The topological polar surface area (TPSA) is 57.2 Å². The van der Waals surface area contributed by atoms with Crippen LogP contribution in [0.25, 0.3) is 0 Å². The number of likely N-dealkylation sites (tertiary alicyclic amines) is 1. The average Bonchev–Trinajstić information content (AvgIpc) is 2.62. The van der Waals surface area contributed by atoms with Crippen LogP contribution in [-0.4, -0.2) is 49.4 Å². The maximum absolute atomic E-state index is 10.9. The maximum Gasteiger partial charge on any atom is 0.0948 e. The van der Waals surface area contributed by atoms with E-state index in [0.717, 1.165) is 11.0 Å². The van der Waals surface area contributed by atoms with E-state index in [1.807, 2.05) is 0 Å². The van der Waals surface area contributed by atoms with Crippen LogP contribution in [0, 0.1) is 0 Å². The van der Waals surface area contributed by atoms with Crippen LogP contribution >= 0.6 is 0 Å². The van der Waals surface area contributed by atoms with E-state index in [0.29, 0.717) is 6.42 Å². The van der Waals surface area contributed by atoms with Crippen molar-refractivity contribution in [2.24, 2.45) is 0 Å². The van der Waals surface area contributed by atoms with Gasteiger partial charge < -0.3 is 9.04 Å². The van der Waals surface area contributed by atoms with E-state index in [-0.39, 0.29) is 5.75 Å². The normalized spacial score (nSPS) is 17.3. The van der Waals surface area contributed by atoms with Crippen molar-refractivity contribution in [3.05, 3.63) is 0 Å². The molecule has 1 aliphatic rings. The highest BCUT2D eigenvalue weighted by Crippen LogP contribution is 2.22. The molecule has 0 aromatic rings. The molecule has 0 saturated carbocycles. The molecule has 0 unspecified atom stereocenters. The van der Waals surface area contributed by atoms with Crippen LogP contribution in [0.4, 0.5) is 0 Å². The summed E-state index contributed by atoms with van der Waals surface area (Å²) in [6.45, 7) is 6.68. The molecule has 1 rings (SSSR count). The van der Waals surface area contributed by atoms with E-state index in [9.17, 15) is 13.0 Å². The van der Waals surface area contributed by atoms with Gasteiger partial charge in [0.1, 0.15) is 0 Å². The second-order valence-electron chi connectivity index (χ2n) is 8.80. The largest absolute Gasteiger partial charge is 0.748 e. The first kappa shape index (κ1) is 24.9. The van der Waals surface area contributed by atoms with Crippen LogP contribution in [0.1, 0.15) is 110 Å². The summed E-state index contributed by atoms with van der Waals surface area (Å²) in [5.74, 6) is -0.189. The highest BCUT2D eigenvalue weighted by atomic mass is 32.2. The zero-order valence-electron chi connectivity index (χ0n) is 17.9. The lowest BCUT2D eigenvalue weighted by atomic mass is 10.0. The molecule has 0 amide bonds. The molecule has 0 N–H and O–H groups in total. The molecule has 4 nitrogen and oxygen atoms in total. The summed E-state index contributed by atoms with van der Waals surface area (Å²) in [7, 11) is -4.06. The van der Waals surface area contributed by atoms with Crippen molar-refractivity contribution in [2.75, 3.05) is 31.9 Å². The third-order valence-corrected chi connectivity index (χ3v) is 7.07. The Labute approximate surface area is 169 Å². The van der Waals surface area contributed by atoms with E-state index in [1.54, 1.807) is 0 Å². The fourth-order valence-electron chi connectivity index (χ4n) is 4.61. The first-order chi connectivity index (χ1) is 13.0. The van der Waals surface area contributed by atoms with Crippen LogP contribution in [-0.2, 0) is 10.1 Å². The SMILES string of the molecule is CCCCCCCCCCCCCC[N+]1(CCCS(=O)(=O)[O-])CCCCC1. The van der Waals surface area contributed by atoms with E-state index in [2.05, 4.69) is 6.92 Å². The third kappa shape index (κ3) is 13.6. The Kier molecular flexibility index (Phi) is 13.7. The van der Waals surface area contributed by atoms with Crippen molar-refractivity contribution in [1.29, 1.82) is 0 Å². The summed E-state index contributed by atoms with van der Waals surface area (Å²) >= 11 is 0. The Morgan fingerprint density at radius 1 is 0.667 bits per heavy atom. The van der Waals surface area contributed by atoms with Gasteiger partial charge in [0, 0.05) is 12.2 Å².